The van der Waals surface area contributed by atoms with Crippen LogP contribution in [0.3, 0.4) is 0 Å². The quantitative estimate of drug-likeness (QED) is 0.169. The van der Waals surface area contributed by atoms with Crippen molar-refractivity contribution in [1.29, 1.82) is 0 Å². The predicted molar refractivity (Wildman–Crippen MR) is 206 cm³/mol. The third-order valence-electron chi connectivity index (χ3n) is 9.21. The summed E-state index contributed by atoms with van der Waals surface area (Å²) in [6, 6.07) is 45.6. The van der Waals surface area contributed by atoms with Crippen LogP contribution in [0.2, 0.25) is 0 Å². The first-order valence-corrected chi connectivity index (χ1v) is 16.6. The van der Waals surface area contributed by atoms with Gasteiger partial charge in [-0.15, -0.1) is 0 Å². The summed E-state index contributed by atoms with van der Waals surface area (Å²) in [6.45, 7) is 6.06. The van der Waals surface area contributed by atoms with Crippen LogP contribution in [0.25, 0.3) is 101 Å². The van der Waals surface area contributed by atoms with Crippen LogP contribution in [0.15, 0.2) is 151 Å². The van der Waals surface area contributed by atoms with E-state index in [0.717, 1.165) is 71.9 Å². The highest BCUT2D eigenvalue weighted by Crippen LogP contribution is 2.40. The molecule has 50 heavy (non-hydrogen) atoms. The molecule has 0 fully saturated rings. The van der Waals surface area contributed by atoms with Gasteiger partial charge in [0.2, 0.25) is 0 Å². The number of rotatable bonds is 6. The second-order valence-electron chi connectivity index (χ2n) is 12.2. The van der Waals surface area contributed by atoms with Gasteiger partial charge in [-0.05, 0) is 46.7 Å². The Morgan fingerprint density at radius 2 is 1.16 bits per heavy atom. The highest BCUT2D eigenvalue weighted by atomic mass is 16.3. The number of hydrogen-bond acceptors (Lipinski definition) is 5. The van der Waals surface area contributed by atoms with Crippen molar-refractivity contribution in [3.05, 3.63) is 157 Å². The lowest BCUT2D eigenvalue weighted by Gasteiger charge is -2.13. The first kappa shape index (κ1) is 29.4. The molecule has 236 valence electrons. The summed E-state index contributed by atoms with van der Waals surface area (Å²) in [5, 5.41) is 6.58. The van der Waals surface area contributed by atoms with Gasteiger partial charge in [-0.1, -0.05) is 140 Å². The molecule has 9 rings (SSSR count). The fraction of sp³-hybridized carbons (Fsp3) is 0.0222. The molecule has 0 radical (unpaired) electrons. The smallest absolute Gasteiger partial charge is 0.164 e. The van der Waals surface area contributed by atoms with Crippen molar-refractivity contribution in [2.75, 3.05) is 0 Å². The monoisotopic (exact) mass is 642 g/mol. The average molecular weight is 643 g/mol. The van der Waals surface area contributed by atoms with Crippen molar-refractivity contribution in [3.63, 3.8) is 0 Å². The molecule has 0 unspecified atom stereocenters. The maximum atomic E-state index is 6.41. The van der Waals surface area contributed by atoms with Gasteiger partial charge < -0.3 is 4.42 Å². The molecule has 0 atom stereocenters. The molecule has 0 N–H and O–H groups in total. The molecule has 0 aliphatic heterocycles. The van der Waals surface area contributed by atoms with Crippen LogP contribution >= 0.6 is 0 Å². The minimum Gasteiger partial charge on any atom is -0.455 e. The van der Waals surface area contributed by atoms with E-state index in [1.54, 1.807) is 0 Å². The third-order valence-corrected chi connectivity index (χ3v) is 9.21. The number of hydrogen-bond donors (Lipinski definition) is 0. The standard InChI is InChI=1S/C45H30N4O/c1-3-14-38-32(4-2)42-40(36-21-12-13-22-39(36)50-42)41(46-38)28-23-25-30(26-24-28)44-47-43(29-15-6-5-7-16-29)48-45(49-44)37-27-31-17-8-9-18-33(31)34-19-10-11-20-35(34)37/h3-27H,2H2,1H3/b14-3-. The Morgan fingerprint density at radius 1 is 0.560 bits per heavy atom. The molecule has 0 amide bonds. The van der Waals surface area contributed by atoms with Gasteiger partial charge >= 0.3 is 0 Å². The normalized spacial score (nSPS) is 11.7. The van der Waals surface area contributed by atoms with Crippen LogP contribution in [0.5, 0.6) is 0 Å². The van der Waals surface area contributed by atoms with Crippen LogP contribution in [0.4, 0.5) is 0 Å². The Morgan fingerprint density at radius 3 is 1.90 bits per heavy atom. The lowest BCUT2D eigenvalue weighted by atomic mass is 9.97. The van der Waals surface area contributed by atoms with Crippen LogP contribution in [-0.4, -0.2) is 19.9 Å². The van der Waals surface area contributed by atoms with Crippen molar-refractivity contribution in [2.24, 2.45) is 0 Å². The maximum Gasteiger partial charge on any atom is 0.164 e. The number of allylic oxidation sites excluding steroid dienone is 1. The molecule has 9 aromatic rings. The van der Waals surface area contributed by atoms with E-state index in [-0.39, 0.29) is 0 Å². The van der Waals surface area contributed by atoms with Gasteiger partial charge in [0.15, 0.2) is 17.5 Å². The Labute approximate surface area is 289 Å². The summed E-state index contributed by atoms with van der Waals surface area (Å²) in [6.07, 6.45) is 5.80. The molecule has 3 heterocycles. The van der Waals surface area contributed by atoms with E-state index in [1.807, 2.05) is 73.7 Å². The van der Waals surface area contributed by atoms with Gasteiger partial charge in [0.25, 0.3) is 0 Å². The molecule has 0 bridgehead atoms. The SMILES string of the molecule is C=Cc1c(/C=C\C)nc(-c2ccc(-c3nc(-c4ccccc4)nc(-c4cc5ccccc5c5ccccc45)n3)cc2)c2c1oc1ccccc12. The summed E-state index contributed by atoms with van der Waals surface area (Å²) < 4.78 is 6.41. The fourth-order valence-electron chi connectivity index (χ4n) is 6.87. The zero-order chi connectivity index (χ0) is 33.6. The maximum absolute atomic E-state index is 6.41. The minimum absolute atomic E-state index is 0.598. The molecular weight excluding hydrogens is 613 g/mol. The molecular formula is C45H30N4O. The summed E-state index contributed by atoms with van der Waals surface area (Å²) >= 11 is 0. The van der Waals surface area contributed by atoms with Gasteiger partial charge in [-0.2, -0.15) is 0 Å². The van der Waals surface area contributed by atoms with Gasteiger partial charge in [0.1, 0.15) is 11.2 Å². The summed E-state index contributed by atoms with van der Waals surface area (Å²) in [5.74, 6) is 1.85. The molecule has 0 saturated carbocycles. The lowest BCUT2D eigenvalue weighted by Crippen LogP contribution is -2.01. The Hall–Kier alpha value is -6.72. The summed E-state index contributed by atoms with van der Waals surface area (Å²) in [5.41, 5.74) is 7.86. The zero-order valence-corrected chi connectivity index (χ0v) is 27.3. The summed E-state index contributed by atoms with van der Waals surface area (Å²) in [4.78, 5) is 20.4. The molecule has 6 aromatic carbocycles. The van der Waals surface area contributed by atoms with Crippen molar-refractivity contribution in [1.82, 2.24) is 19.9 Å². The largest absolute Gasteiger partial charge is 0.455 e. The first-order chi connectivity index (χ1) is 24.7. The second kappa shape index (κ2) is 12.1. The van der Waals surface area contributed by atoms with Crippen molar-refractivity contribution in [2.45, 2.75) is 6.92 Å². The van der Waals surface area contributed by atoms with Crippen LogP contribution in [-0.2, 0) is 0 Å². The topological polar surface area (TPSA) is 64.7 Å². The highest BCUT2D eigenvalue weighted by Gasteiger charge is 2.20. The van der Waals surface area contributed by atoms with Crippen molar-refractivity contribution >= 4 is 55.6 Å². The van der Waals surface area contributed by atoms with E-state index in [4.69, 9.17) is 24.4 Å². The molecule has 0 aliphatic carbocycles. The number of benzene rings is 6. The number of furan rings is 1. The van der Waals surface area contributed by atoms with Gasteiger partial charge in [-0.3, -0.25) is 0 Å². The lowest BCUT2D eigenvalue weighted by molar-refractivity contribution is 0.667. The van der Waals surface area contributed by atoms with E-state index >= 15 is 0 Å². The molecule has 3 aromatic heterocycles. The van der Waals surface area contributed by atoms with Gasteiger partial charge in [0, 0.05) is 33.2 Å². The zero-order valence-electron chi connectivity index (χ0n) is 27.3. The van der Waals surface area contributed by atoms with E-state index in [0.29, 0.717) is 17.5 Å². The van der Waals surface area contributed by atoms with Crippen LogP contribution in [0.1, 0.15) is 18.2 Å². The summed E-state index contributed by atoms with van der Waals surface area (Å²) in [7, 11) is 0. The fourth-order valence-corrected chi connectivity index (χ4v) is 6.87. The van der Waals surface area contributed by atoms with E-state index in [2.05, 4.69) is 91.5 Å². The van der Waals surface area contributed by atoms with Crippen LogP contribution < -0.4 is 0 Å². The van der Waals surface area contributed by atoms with Crippen molar-refractivity contribution < 1.29 is 4.42 Å². The Balaban J connectivity index is 1.23. The predicted octanol–water partition coefficient (Wildman–Crippen LogP) is 11.8. The molecule has 5 nitrogen and oxygen atoms in total. The average Bonchev–Trinajstić information content (AvgIpc) is 3.57. The Bertz CT molecular complexity index is 2780. The Kier molecular flexibility index (Phi) is 7.10. The van der Waals surface area contributed by atoms with Crippen molar-refractivity contribution in [3.8, 4) is 45.4 Å². The van der Waals surface area contributed by atoms with E-state index < -0.39 is 0 Å². The molecule has 0 aliphatic rings. The van der Waals surface area contributed by atoms with E-state index in [9.17, 15) is 0 Å². The molecule has 5 heteroatoms. The number of para-hydroxylation sites is 1. The first-order valence-electron chi connectivity index (χ1n) is 16.6. The van der Waals surface area contributed by atoms with Gasteiger partial charge in [-0.25, -0.2) is 19.9 Å². The number of aromatic nitrogens is 4. The number of fused-ring (bicyclic) bond motifs is 6. The third kappa shape index (κ3) is 4.87. The second-order valence-corrected chi connectivity index (χ2v) is 12.2. The van der Waals surface area contributed by atoms with Crippen LogP contribution in [0, 0.1) is 0 Å². The number of nitrogens with zero attached hydrogens (tertiary/aromatic N) is 4. The number of pyridine rings is 1. The van der Waals surface area contributed by atoms with E-state index in [1.165, 1.54) is 10.8 Å². The van der Waals surface area contributed by atoms with Gasteiger partial charge in [0.05, 0.1) is 16.8 Å². The highest BCUT2D eigenvalue weighted by molar-refractivity contribution is 6.15. The molecule has 0 saturated heterocycles. The molecule has 0 spiro atoms. The minimum atomic E-state index is 0.598.